The maximum absolute atomic E-state index is 12.3. The molecule has 7 aromatic rings. The number of rotatable bonds is 10. The molecule has 3 N–H and O–H groups in total. The molecule has 7 aromatic carbocycles. The highest BCUT2D eigenvalue weighted by Crippen LogP contribution is 2.44. The van der Waals surface area contributed by atoms with Gasteiger partial charge in [-0.25, -0.2) is 0 Å². The van der Waals surface area contributed by atoms with E-state index in [0.717, 1.165) is 73.2 Å². The summed E-state index contributed by atoms with van der Waals surface area (Å²) in [6.07, 6.45) is 1.89. The Kier molecular flexibility index (Phi) is 10.4. The highest BCUT2D eigenvalue weighted by Gasteiger charge is 2.29. The predicted octanol–water partition coefficient (Wildman–Crippen LogP) is 13.4. The van der Waals surface area contributed by atoms with E-state index >= 15 is 0 Å². The van der Waals surface area contributed by atoms with Gasteiger partial charge in [0, 0.05) is 35.1 Å². The average Bonchev–Trinajstić information content (AvgIpc) is 3.18. The molecule has 0 heterocycles. The quantitative estimate of drug-likeness (QED) is 0.132. The molecule has 0 bridgehead atoms. The average molecular weight is 723 g/mol. The van der Waals surface area contributed by atoms with Gasteiger partial charge in [0.2, 0.25) is 0 Å². The van der Waals surface area contributed by atoms with Crippen molar-refractivity contribution in [3.8, 4) is 61.8 Å². The van der Waals surface area contributed by atoms with Crippen molar-refractivity contribution in [1.29, 1.82) is 0 Å². The summed E-state index contributed by atoms with van der Waals surface area (Å²) in [4.78, 5) is 0. The lowest BCUT2D eigenvalue weighted by atomic mass is 9.71. The second-order valence-electron chi connectivity index (χ2n) is 16.7. The zero-order chi connectivity index (χ0) is 38.7. The van der Waals surface area contributed by atoms with E-state index in [1.54, 1.807) is 0 Å². The van der Waals surface area contributed by atoms with Crippen molar-refractivity contribution in [3.05, 3.63) is 186 Å². The van der Waals surface area contributed by atoms with Crippen molar-refractivity contribution in [2.45, 2.75) is 59.3 Å². The SMILES string of the molecule is CC(C)(C)CC(C)(C)c1cc(Cc2cc(-c3ccccc3)c(O)c(-c3ccccc3)c2)c(O)c(Cc2cc(-c3ccccc3)c(O)c(-c3ccccc3)c2)c1. The molecule has 0 aromatic heterocycles. The second-order valence-corrected chi connectivity index (χ2v) is 16.7. The van der Waals surface area contributed by atoms with Crippen LogP contribution in [0.1, 0.15) is 68.9 Å². The molecule has 276 valence electrons. The van der Waals surface area contributed by atoms with Gasteiger partial charge in [-0.1, -0.05) is 168 Å². The van der Waals surface area contributed by atoms with Gasteiger partial charge in [0.25, 0.3) is 0 Å². The Balaban J connectivity index is 1.39. The van der Waals surface area contributed by atoms with Crippen LogP contribution in [0.5, 0.6) is 17.2 Å². The third-order valence-electron chi connectivity index (χ3n) is 10.5. The number of phenols is 3. The molecule has 0 aliphatic carbocycles. The zero-order valence-corrected chi connectivity index (χ0v) is 32.5. The molecule has 0 amide bonds. The van der Waals surface area contributed by atoms with Crippen LogP contribution in [0.2, 0.25) is 0 Å². The minimum Gasteiger partial charge on any atom is -0.507 e. The smallest absolute Gasteiger partial charge is 0.131 e. The van der Waals surface area contributed by atoms with Crippen molar-refractivity contribution in [2.75, 3.05) is 0 Å². The van der Waals surface area contributed by atoms with Crippen molar-refractivity contribution >= 4 is 0 Å². The Bertz CT molecular complexity index is 2130. The molecule has 3 heteroatoms. The summed E-state index contributed by atoms with van der Waals surface area (Å²) in [5.41, 5.74) is 11.5. The van der Waals surface area contributed by atoms with Crippen LogP contribution in [0.3, 0.4) is 0 Å². The summed E-state index contributed by atoms with van der Waals surface area (Å²) in [6.45, 7) is 11.4. The molecule has 55 heavy (non-hydrogen) atoms. The van der Waals surface area contributed by atoms with Gasteiger partial charge in [0.05, 0.1) is 0 Å². The lowest BCUT2D eigenvalue weighted by Crippen LogP contribution is -2.25. The number of hydrogen-bond acceptors (Lipinski definition) is 3. The molecule has 0 atom stereocenters. The number of aromatic hydroxyl groups is 3. The van der Waals surface area contributed by atoms with E-state index in [2.05, 4.69) is 71.0 Å². The van der Waals surface area contributed by atoms with Crippen molar-refractivity contribution in [2.24, 2.45) is 5.41 Å². The van der Waals surface area contributed by atoms with Crippen LogP contribution in [0.15, 0.2) is 158 Å². The molecule has 0 aliphatic rings. The van der Waals surface area contributed by atoms with Crippen molar-refractivity contribution < 1.29 is 15.3 Å². The number of hydrogen-bond donors (Lipinski definition) is 3. The number of benzene rings is 7. The first-order valence-electron chi connectivity index (χ1n) is 19.1. The minimum absolute atomic E-state index is 0.0833. The van der Waals surface area contributed by atoms with Gasteiger partial charge in [0.15, 0.2) is 0 Å². The molecular weight excluding hydrogens is 673 g/mol. The molecule has 0 saturated heterocycles. The van der Waals surface area contributed by atoms with Gasteiger partial charge in [0.1, 0.15) is 17.2 Å². The summed E-state index contributed by atoms with van der Waals surface area (Å²) in [6, 6.07) is 52.5. The third kappa shape index (κ3) is 8.37. The summed E-state index contributed by atoms with van der Waals surface area (Å²) < 4.78 is 0. The first kappa shape index (κ1) is 37.3. The van der Waals surface area contributed by atoms with Gasteiger partial charge >= 0.3 is 0 Å². The van der Waals surface area contributed by atoms with Crippen LogP contribution in [-0.4, -0.2) is 15.3 Å². The molecule has 0 unspecified atom stereocenters. The first-order valence-corrected chi connectivity index (χ1v) is 19.1. The van der Waals surface area contributed by atoms with E-state index < -0.39 is 0 Å². The summed E-state index contributed by atoms with van der Waals surface area (Å²) >= 11 is 0. The molecule has 0 aliphatic heterocycles. The highest BCUT2D eigenvalue weighted by atomic mass is 16.3. The molecule has 0 spiro atoms. The Morgan fingerprint density at radius 1 is 0.382 bits per heavy atom. The first-order chi connectivity index (χ1) is 26.4. The molecule has 0 radical (unpaired) electrons. The van der Waals surface area contributed by atoms with Gasteiger partial charge in [-0.2, -0.15) is 0 Å². The Morgan fingerprint density at radius 3 is 0.945 bits per heavy atom. The molecule has 0 fully saturated rings. The molecule has 0 saturated carbocycles. The topological polar surface area (TPSA) is 60.7 Å². The normalized spacial score (nSPS) is 11.8. The van der Waals surface area contributed by atoms with E-state index in [1.165, 1.54) is 5.56 Å². The van der Waals surface area contributed by atoms with Crippen LogP contribution >= 0.6 is 0 Å². The Hall–Kier alpha value is -6.06. The maximum atomic E-state index is 12.3. The fourth-order valence-corrected chi connectivity index (χ4v) is 8.23. The van der Waals surface area contributed by atoms with E-state index in [0.29, 0.717) is 12.8 Å². The summed E-state index contributed by atoms with van der Waals surface area (Å²) in [7, 11) is 0. The lowest BCUT2D eigenvalue weighted by molar-refractivity contribution is 0.283. The highest BCUT2D eigenvalue weighted by molar-refractivity contribution is 5.84. The van der Waals surface area contributed by atoms with Crippen LogP contribution in [0.4, 0.5) is 0 Å². The fourth-order valence-electron chi connectivity index (χ4n) is 8.23. The van der Waals surface area contributed by atoms with Gasteiger partial charge in [-0.3, -0.25) is 0 Å². The van der Waals surface area contributed by atoms with E-state index in [4.69, 9.17) is 0 Å². The second kappa shape index (κ2) is 15.4. The van der Waals surface area contributed by atoms with E-state index in [9.17, 15) is 15.3 Å². The lowest BCUT2D eigenvalue weighted by Gasteiger charge is -2.34. The summed E-state index contributed by atoms with van der Waals surface area (Å²) in [5.74, 6) is 0.741. The van der Waals surface area contributed by atoms with Gasteiger partial charge < -0.3 is 15.3 Å². The third-order valence-corrected chi connectivity index (χ3v) is 10.5. The predicted molar refractivity (Wildman–Crippen MR) is 229 cm³/mol. The van der Waals surface area contributed by atoms with Gasteiger partial charge in [-0.15, -0.1) is 0 Å². The van der Waals surface area contributed by atoms with Crippen LogP contribution in [0.25, 0.3) is 44.5 Å². The largest absolute Gasteiger partial charge is 0.507 e. The van der Waals surface area contributed by atoms with Gasteiger partial charge in [-0.05, 0) is 91.6 Å². The van der Waals surface area contributed by atoms with Crippen molar-refractivity contribution in [3.63, 3.8) is 0 Å². The Labute approximate surface area is 326 Å². The maximum Gasteiger partial charge on any atom is 0.131 e. The standard InChI is InChI=1S/C52H50O3/c1-51(2,3)34-52(4,5)43-32-41(26-35-28-44(37-18-10-6-11-19-37)49(54)45(29-35)38-20-12-7-13-21-38)48(53)42(33-43)27-36-30-46(39-22-14-8-15-23-39)50(55)47(31-36)40-24-16-9-17-25-40/h6-25,28-33,53-55H,26-27,34H2,1-5H3. The zero-order valence-electron chi connectivity index (χ0n) is 32.5. The number of phenolic OH excluding ortho intramolecular Hbond substituents is 3. The molecular formula is C52H50O3. The van der Waals surface area contributed by atoms with Crippen LogP contribution in [-0.2, 0) is 18.3 Å². The van der Waals surface area contributed by atoms with Crippen LogP contribution in [0, 0.1) is 5.41 Å². The minimum atomic E-state index is -0.186. The van der Waals surface area contributed by atoms with Crippen molar-refractivity contribution in [1.82, 2.24) is 0 Å². The van der Waals surface area contributed by atoms with E-state index in [-0.39, 0.29) is 28.1 Å². The van der Waals surface area contributed by atoms with E-state index in [1.807, 2.05) is 121 Å². The molecule has 3 nitrogen and oxygen atoms in total. The fraction of sp³-hybridized carbons (Fsp3) is 0.192. The summed E-state index contributed by atoms with van der Waals surface area (Å²) in [5, 5.41) is 35.6. The molecule has 7 rings (SSSR count). The Morgan fingerprint density at radius 2 is 0.673 bits per heavy atom. The monoisotopic (exact) mass is 722 g/mol. The van der Waals surface area contributed by atoms with Crippen LogP contribution < -0.4 is 0 Å².